The molecule has 0 aliphatic heterocycles. The van der Waals surface area contributed by atoms with Crippen LogP contribution in [0.4, 0.5) is 0 Å². The van der Waals surface area contributed by atoms with Gasteiger partial charge >= 0.3 is 0 Å². The van der Waals surface area contributed by atoms with E-state index in [1.165, 1.54) is 0 Å². The molecule has 0 saturated carbocycles. The zero-order valence-electron chi connectivity index (χ0n) is 15.1. The number of aryl methyl sites for hydroxylation is 1. The van der Waals surface area contributed by atoms with E-state index >= 15 is 0 Å². The number of amides is 1. The summed E-state index contributed by atoms with van der Waals surface area (Å²) in [6.07, 6.45) is 1.64. The number of carbonyl (C=O) groups excluding carboxylic acids is 1. The second-order valence-corrected chi connectivity index (χ2v) is 6.55. The Morgan fingerprint density at radius 3 is 2.67 bits per heavy atom. The summed E-state index contributed by atoms with van der Waals surface area (Å²) in [5.74, 6) is -0.423. The molecule has 0 atom stereocenters. The number of benzene rings is 2. The van der Waals surface area contributed by atoms with Crippen LogP contribution in [0.5, 0.6) is 0 Å². The van der Waals surface area contributed by atoms with Crippen molar-refractivity contribution in [1.82, 2.24) is 14.7 Å². The molecule has 0 spiro atoms. The maximum Gasteiger partial charge on any atom is 0.278 e. The SMILES string of the molecule is C=CCN(Cc1ccccc1)C(=O)c1nn(CC)c2ccc(Cl)cc2c1=O. The number of rotatable bonds is 6. The van der Waals surface area contributed by atoms with Crippen LogP contribution in [-0.4, -0.2) is 27.1 Å². The van der Waals surface area contributed by atoms with Gasteiger partial charge in [0.1, 0.15) is 0 Å². The first-order chi connectivity index (χ1) is 13.0. The van der Waals surface area contributed by atoms with Crippen LogP contribution in [0, 0.1) is 0 Å². The highest BCUT2D eigenvalue weighted by Crippen LogP contribution is 2.17. The average molecular weight is 382 g/mol. The molecule has 27 heavy (non-hydrogen) atoms. The summed E-state index contributed by atoms with van der Waals surface area (Å²) in [5.41, 5.74) is 1.10. The predicted molar refractivity (Wildman–Crippen MR) is 108 cm³/mol. The third kappa shape index (κ3) is 3.93. The van der Waals surface area contributed by atoms with E-state index in [1.807, 2.05) is 37.3 Å². The van der Waals surface area contributed by atoms with E-state index in [4.69, 9.17) is 11.6 Å². The van der Waals surface area contributed by atoms with Gasteiger partial charge in [0.15, 0.2) is 5.69 Å². The van der Waals surface area contributed by atoms with Gasteiger partial charge in [0.25, 0.3) is 5.91 Å². The first-order valence-corrected chi connectivity index (χ1v) is 9.07. The summed E-state index contributed by atoms with van der Waals surface area (Å²) in [7, 11) is 0. The van der Waals surface area contributed by atoms with Crippen molar-refractivity contribution < 1.29 is 4.79 Å². The quantitative estimate of drug-likeness (QED) is 0.608. The van der Waals surface area contributed by atoms with Crippen LogP contribution in [0.3, 0.4) is 0 Å². The lowest BCUT2D eigenvalue weighted by Crippen LogP contribution is -2.36. The molecular formula is C21H20ClN3O2. The second kappa shape index (κ2) is 8.18. The zero-order chi connectivity index (χ0) is 19.4. The van der Waals surface area contributed by atoms with E-state index in [0.29, 0.717) is 35.6 Å². The summed E-state index contributed by atoms with van der Waals surface area (Å²) in [6, 6.07) is 14.6. The maximum atomic E-state index is 13.1. The third-order valence-electron chi connectivity index (χ3n) is 4.27. The Morgan fingerprint density at radius 1 is 1.26 bits per heavy atom. The Morgan fingerprint density at radius 2 is 2.00 bits per heavy atom. The fourth-order valence-corrected chi connectivity index (χ4v) is 3.14. The fourth-order valence-electron chi connectivity index (χ4n) is 2.97. The molecule has 0 saturated heterocycles. The number of hydrogen-bond donors (Lipinski definition) is 0. The number of fused-ring (bicyclic) bond motifs is 1. The Bertz CT molecular complexity index is 1040. The second-order valence-electron chi connectivity index (χ2n) is 6.11. The maximum absolute atomic E-state index is 13.1. The largest absolute Gasteiger partial charge is 0.329 e. The van der Waals surface area contributed by atoms with E-state index in [0.717, 1.165) is 5.56 Å². The van der Waals surface area contributed by atoms with Crippen molar-refractivity contribution in [1.29, 1.82) is 0 Å². The highest BCUT2D eigenvalue weighted by Gasteiger charge is 2.22. The lowest BCUT2D eigenvalue weighted by molar-refractivity contribution is 0.0753. The molecule has 1 aromatic heterocycles. The molecule has 1 amide bonds. The number of hydrogen-bond acceptors (Lipinski definition) is 3. The normalized spacial score (nSPS) is 10.7. The Hall–Kier alpha value is -2.92. The first kappa shape index (κ1) is 18.9. The van der Waals surface area contributed by atoms with E-state index in [1.54, 1.807) is 33.9 Å². The number of nitrogens with zero attached hydrogens (tertiary/aromatic N) is 3. The molecule has 0 radical (unpaired) electrons. The van der Waals surface area contributed by atoms with Gasteiger partial charge in [-0.25, -0.2) is 0 Å². The predicted octanol–water partition coefficient (Wildman–Crippen LogP) is 3.90. The van der Waals surface area contributed by atoms with Crippen LogP contribution in [0.15, 0.2) is 66.0 Å². The molecule has 0 N–H and O–H groups in total. The minimum atomic E-state index is -0.423. The van der Waals surface area contributed by atoms with Crippen molar-refractivity contribution in [3.8, 4) is 0 Å². The van der Waals surface area contributed by atoms with Crippen LogP contribution in [0.2, 0.25) is 5.02 Å². The summed E-state index contributed by atoms with van der Waals surface area (Å²) >= 11 is 6.06. The van der Waals surface area contributed by atoms with Crippen LogP contribution in [0.1, 0.15) is 23.0 Å². The minimum Gasteiger partial charge on any atom is -0.329 e. The summed E-state index contributed by atoms with van der Waals surface area (Å²) < 4.78 is 1.65. The van der Waals surface area contributed by atoms with Crippen LogP contribution < -0.4 is 5.43 Å². The number of halogens is 1. The van der Waals surface area contributed by atoms with Crippen molar-refractivity contribution in [2.45, 2.75) is 20.0 Å². The van der Waals surface area contributed by atoms with Gasteiger partial charge in [0, 0.05) is 24.7 Å². The third-order valence-corrected chi connectivity index (χ3v) is 4.51. The summed E-state index contributed by atoms with van der Waals surface area (Å²) in [6.45, 7) is 6.84. The number of aromatic nitrogens is 2. The lowest BCUT2D eigenvalue weighted by atomic mass is 10.1. The van der Waals surface area contributed by atoms with Gasteiger partial charge in [-0.2, -0.15) is 5.10 Å². The average Bonchev–Trinajstić information content (AvgIpc) is 2.68. The Kier molecular flexibility index (Phi) is 5.72. The lowest BCUT2D eigenvalue weighted by Gasteiger charge is -2.21. The Labute approximate surface area is 162 Å². The van der Waals surface area contributed by atoms with E-state index in [2.05, 4.69) is 11.7 Å². The van der Waals surface area contributed by atoms with Gasteiger partial charge in [-0.3, -0.25) is 14.3 Å². The standard InChI is InChI=1S/C21H20ClN3O2/c1-3-12-24(14-15-8-6-5-7-9-15)21(27)19-20(26)17-13-16(22)10-11-18(17)25(4-2)23-19/h3,5-11,13H,1,4,12,14H2,2H3. The van der Waals surface area contributed by atoms with Gasteiger partial charge < -0.3 is 4.90 Å². The molecule has 0 aliphatic rings. The van der Waals surface area contributed by atoms with Gasteiger partial charge in [0.05, 0.1) is 10.9 Å². The van der Waals surface area contributed by atoms with Gasteiger partial charge in [-0.15, -0.1) is 6.58 Å². The van der Waals surface area contributed by atoms with Crippen molar-refractivity contribution in [3.63, 3.8) is 0 Å². The molecule has 3 aromatic rings. The molecule has 6 heteroatoms. The smallest absolute Gasteiger partial charge is 0.278 e. The Balaban J connectivity index is 2.08. The van der Waals surface area contributed by atoms with Crippen LogP contribution >= 0.6 is 11.6 Å². The minimum absolute atomic E-state index is 0.107. The molecule has 5 nitrogen and oxygen atoms in total. The highest BCUT2D eigenvalue weighted by atomic mass is 35.5. The molecule has 2 aromatic carbocycles. The zero-order valence-corrected chi connectivity index (χ0v) is 15.8. The topological polar surface area (TPSA) is 55.2 Å². The monoisotopic (exact) mass is 381 g/mol. The van der Waals surface area contributed by atoms with E-state index in [-0.39, 0.29) is 5.69 Å². The van der Waals surface area contributed by atoms with E-state index in [9.17, 15) is 9.59 Å². The molecular weight excluding hydrogens is 362 g/mol. The first-order valence-electron chi connectivity index (χ1n) is 8.69. The van der Waals surface area contributed by atoms with Gasteiger partial charge in [0.2, 0.25) is 5.43 Å². The summed E-state index contributed by atoms with van der Waals surface area (Å²) in [5, 5.41) is 5.16. The molecule has 0 fully saturated rings. The molecule has 3 rings (SSSR count). The summed E-state index contributed by atoms with van der Waals surface area (Å²) in [4.78, 5) is 27.6. The van der Waals surface area contributed by atoms with Crippen molar-refractivity contribution in [2.75, 3.05) is 6.54 Å². The molecule has 0 aliphatic carbocycles. The van der Waals surface area contributed by atoms with Crippen LogP contribution in [-0.2, 0) is 13.1 Å². The molecule has 0 bridgehead atoms. The van der Waals surface area contributed by atoms with Crippen molar-refractivity contribution in [2.24, 2.45) is 0 Å². The fraction of sp³-hybridized carbons (Fsp3) is 0.190. The van der Waals surface area contributed by atoms with Crippen LogP contribution in [0.25, 0.3) is 10.9 Å². The van der Waals surface area contributed by atoms with Crippen molar-refractivity contribution >= 4 is 28.4 Å². The molecule has 0 unspecified atom stereocenters. The molecule has 1 heterocycles. The van der Waals surface area contributed by atoms with Gasteiger partial charge in [-0.05, 0) is 30.7 Å². The van der Waals surface area contributed by atoms with E-state index < -0.39 is 11.3 Å². The van der Waals surface area contributed by atoms with Crippen molar-refractivity contribution in [3.05, 3.63) is 87.7 Å². The number of carbonyl (C=O) groups is 1. The van der Waals surface area contributed by atoms with Gasteiger partial charge in [-0.1, -0.05) is 48.0 Å². The highest BCUT2D eigenvalue weighted by molar-refractivity contribution is 6.31. The molecule has 138 valence electrons.